The van der Waals surface area contributed by atoms with Crippen molar-refractivity contribution in [2.24, 2.45) is 20.0 Å². The molecule has 0 saturated carbocycles. The van der Waals surface area contributed by atoms with Crippen molar-refractivity contribution in [2.45, 2.75) is 26.2 Å². The molecule has 1 fully saturated rings. The van der Waals surface area contributed by atoms with Gasteiger partial charge in [0.05, 0.1) is 4.88 Å². The minimum atomic E-state index is -0.396. The fourth-order valence-corrected chi connectivity index (χ4v) is 7.89. The summed E-state index contributed by atoms with van der Waals surface area (Å²) in [7, 11) is 3.76. The van der Waals surface area contributed by atoms with Crippen molar-refractivity contribution in [3.8, 4) is 0 Å². The van der Waals surface area contributed by atoms with Gasteiger partial charge >= 0.3 is 0 Å². The lowest BCUT2D eigenvalue weighted by molar-refractivity contribution is 0.0809. The van der Waals surface area contributed by atoms with Crippen LogP contribution in [0.5, 0.6) is 0 Å². The van der Waals surface area contributed by atoms with Gasteiger partial charge in [-0.3, -0.25) is 14.4 Å². The van der Waals surface area contributed by atoms with Gasteiger partial charge in [-0.25, -0.2) is 0 Å². The Balaban J connectivity index is 1.20. The molecule has 5 aromatic rings. The van der Waals surface area contributed by atoms with E-state index in [1.165, 1.54) is 11.3 Å². The van der Waals surface area contributed by atoms with Gasteiger partial charge < -0.3 is 19.4 Å². The normalized spacial score (nSPS) is 19.9. The van der Waals surface area contributed by atoms with Gasteiger partial charge in [-0.1, -0.05) is 25.1 Å². The standard InChI is InChI=1S/C33H30N4O3S/c1-18-17-41-30-27(38)15-28-33(3,29(18)30)19(2)16-37(28)32(40)26-14-21-12-22(10-11-24(21)36(26)5)34-31(39)25-13-20-8-6-7-9-23(20)35(25)4/h6-15,17,19H,16H2,1-5H3,(H,34,39)/t19-,33+/m0/s1. The van der Waals surface area contributed by atoms with Crippen LogP contribution >= 0.6 is 11.3 Å². The number of aryl methyl sites for hydroxylation is 3. The van der Waals surface area contributed by atoms with Crippen LogP contribution in [-0.4, -0.2) is 38.2 Å². The molecule has 3 aromatic heterocycles. The molecule has 1 aliphatic heterocycles. The first-order valence-electron chi connectivity index (χ1n) is 13.7. The number of likely N-dealkylation sites (tertiary alicyclic amines) is 1. The van der Waals surface area contributed by atoms with E-state index >= 15 is 0 Å². The summed E-state index contributed by atoms with van der Waals surface area (Å²) >= 11 is 1.49. The van der Waals surface area contributed by atoms with Crippen LogP contribution in [0.2, 0.25) is 0 Å². The molecule has 8 heteroatoms. The van der Waals surface area contributed by atoms with Gasteiger partial charge in [0.1, 0.15) is 11.4 Å². The number of amides is 2. The number of anilines is 1. The number of ketones is 1. The number of nitrogens with one attached hydrogen (secondary N) is 1. The average Bonchev–Trinajstić information content (AvgIpc) is 3.67. The Bertz CT molecular complexity index is 1990. The fourth-order valence-electron chi connectivity index (χ4n) is 6.82. The Morgan fingerprint density at radius 2 is 1.68 bits per heavy atom. The maximum Gasteiger partial charge on any atom is 0.274 e. The largest absolute Gasteiger partial charge is 0.340 e. The van der Waals surface area contributed by atoms with Crippen molar-refractivity contribution in [3.05, 3.63) is 99.1 Å². The molecular formula is C33H30N4O3S. The minimum absolute atomic E-state index is 0.0268. The summed E-state index contributed by atoms with van der Waals surface area (Å²) in [5, 5.41) is 6.92. The molecule has 1 aliphatic carbocycles. The van der Waals surface area contributed by atoms with Crippen molar-refractivity contribution < 1.29 is 14.4 Å². The van der Waals surface area contributed by atoms with Gasteiger partial charge in [0.15, 0.2) is 5.78 Å². The number of hydrogen-bond acceptors (Lipinski definition) is 4. The minimum Gasteiger partial charge on any atom is -0.340 e. The van der Waals surface area contributed by atoms with E-state index in [0.29, 0.717) is 23.6 Å². The van der Waals surface area contributed by atoms with Crippen LogP contribution in [-0.2, 0) is 19.5 Å². The van der Waals surface area contributed by atoms with Crippen LogP contribution in [0.25, 0.3) is 21.8 Å². The van der Waals surface area contributed by atoms with Gasteiger partial charge in [0.2, 0.25) is 0 Å². The molecule has 206 valence electrons. The van der Waals surface area contributed by atoms with Crippen molar-refractivity contribution >= 4 is 56.4 Å². The van der Waals surface area contributed by atoms with Gasteiger partial charge in [0.25, 0.3) is 11.8 Å². The van der Waals surface area contributed by atoms with E-state index < -0.39 is 5.41 Å². The van der Waals surface area contributed by atoms with E-state index in [2.05, 4.69) is 26.1 Å². The zero-order valence-corrected chi connectivity index (χ0v) is 24.4. The number of nitrogens with zero attached hydrogens (tertiary/aromatic N) is 3. The second-order valence-electron chi connectivity index (χ2n) is 11.5. The number of benzene rings is 2. The third-order valence-electron chi connectivity index (χ3n) is 9.20. The number of hydrogen-bond donors (Lipinski definition) is 1. The smallest absolute Gasteiger partial charge is 0.274 e. The number of para-hydroxylation sites is 1. The zero-order chi connectivity index (χ0) is 28.8. The Labute approximate surface area is 241 Å². The SMILES string of the molecule is Cc1csc2c1[C@@]1(C)C(=CC2=O)N(C(=O)c2cc3cc(NC(=O)c4cc5ccccc5n4C)ccc3n2C)C[C@@H]1C. The summed E-state index contributed by atoms with van der Waals surface area (Å²) in [5.74, 6) is -0.196. The van der Waals surface area contributed by atoms with E-state index in [-0.39, 0.29) is 23.5 Å². The number of carbonyl (C=O) groups excluding carboxylic acids is 3. The number of carbonyl (C=O) groups is 3. The summed E-state index contributed by atoms with van der Waals surface area (Å²) in [5.41, 5.74) is 6.19. The van der Waals surface area contributed by atoms with Crippen molar-refractivity contribution in [1.82, 2.24) is 14.0 Å². The molecule has 41 heavy (non-hydrogen) atoms. The van der Waals surface area contributed by atoms with Gasteiger partial charge in [-0.05, 0) is 72.7 Å². The number of thiophene rings is 1. The van der Waals surface area contributed by atoms with Gasteiger partial charge in [-0.15, -0.1) is 11.3 Å². The van der Waals surface area contributed by atoms with E-state index in [1.807, 2.05) is 83.2 Å². The van der Waals surface area contributed by atoms with Crippen LogP contribution in [0.3, 0.4) is 0 Å². The van der Waals surface area contributed by atoms with E-state index in [1.54, 1.807) is 11.0 Å². The molecule has 2 amide bonds. The first kappa shape index (κ1) is 25.5. The molecule has 0 spiro atoms. The molecule has 2 aliphatic rings. The van der Waals surface area contributed by atoms with Gasteiger partial charge in [0, 0.05) is 65.3 Å². The second kappa shape index (κ2) is 8.78. The lowest BCUT2D eigenvalue weighted by Crippen LogP contribution is -2.36. The van der Waals surface area contributed by atoms with Crippen LogP contribution < -0.4 is 5.32 Å². The lowest BCUT2D eigenvalue weighted by atomic mass is 9.69. The molecule has 0 radical (unpaired) electrons. The Morgan fingerprint density at radius 1 is 0.976 bits per heavy atom. The summed E-state index contributed by atoms with van der Waals surface area (Å²) in [6, 6.07) is 17.3. The molecule has 0 bridgehead atoms. The van der Waals surface area contributed by atoms with E-state index in [0.717, 1.165) is 43.5 Å². The number of aromatic nitrogens is 2. The maximum absolute atomic E-state index is 14.1. The summed E-state index contributed by atoms with van der Waals surface area (Å²) in [4.78, 5) is 42.9. The van der Waals surface area contributed by atoms with Gasteiger partial charge in [-0.2, -0.15) is 0 Å². The molecule has 7 rings (SSSR count). The van der Waals surface area contributed by atoms with Crippen LogP contribution in [0, 0.1) is 12.8 Å². The maximum atomic E-state index is 14.1. The fraction of sp³-hybridized carbons (Fsp3) is 0.242. The first-order valence-corrected chi connectivity index (χ1v) is 14.6. The predicted octanol–water partition coefficient (Wildman–Crippen LogP) is 6.42. The molecule has 7 nitrogen and oxygen atoms in total. The highest BCUT2D eigenvalue weighted by Crippen LogP contribution is 2.53. The molecule has 0 unspecified atom stereocenters. The van der Waals surface area contributed by atoms with Crippen molar-refractivity contribution in [2.75, 3.05) is 11.9 Å². The Kier molecular flexibility index (Phi) is 5.47. The third-order valence-corrected chi connectivity index (χ3v) is 10.3. The lowest BCUT2D eigenvalue weighted by Gasteiger charge is -2.35. The first-order chi connectivity index (χ1) is 19.6. The zero-order valence-electron chi connectivity index (χ0n) is 23.6. The van der Waals surface area contributed by atoms with Crippen LogP contribution in [0.1, 0.15) is 55.6 Å². The molecule has 2 aromatic carbocycles. The van der Waals surface area contributed by atoms with E-state index in [9.17, 15) is 14.4 Å². The molecule has 1 saturated heterocycles. The average molecular weight is 563 g/mol. The van der Waals surface area contributed by atoms with Crippen LogP contribution in [0.4, 0.5) is 5.69 Å². The van der Waals surface area contributed by atoms with Crippen molar-refractivity contribution in [3.63, 3.8) is 0 Å². The second-order valence-corrected chi connectivity index (χ2v) is 12.4. The highest BCUT2D eigenvalue weighted by atomic mass is 32.1. The quantitative estimate of drug-likeness (QED) is 0.276. The summed E-state index contributed by atoms with van der Waals surface area (Å²) in [6.45, 7) is 6.91. The molecule has 1 N–H and O–H groups in total. The molecule has 4 heterocycles. The van der Waals surface area contributed by atoms with E-state index in [4.69, 9.17) is 0 Å². The Hall–Kier alpha value is -4.43. The number of fused-ring (bicyclic) bond motifs is 5. The highest BCUT2D eigenvalue weighted by Gasteiger charge is 2.53. The van der Waals surface area contributed by atoms with Crippen molar-refractivity contribution in [1.29, 1.82) is 0 Å². The Morgan fingerprint density at radius 3 is 2.46 bits per heavy atom. The summed E-state index contributed by atoms with van der Waals surface area (Å²) < 4.78 is 3.78. The highest BCUT2D eigenvalue weighted by molar-refractivity contribution is 7.12. The van der Waals surface area contributed by atoms with Crippen LogP contribution in [0.15, 0.2) is 71.8 Å². The third kappa shape index (κ3) is 3.53. The molecule has 2 atom stereocenters. The predicted molar refractivity (Wildman–Crippen MR) is 163 cm³/mol. The topological polar surface area (TPSA) is 76.3 Å². The monoisotopic (exact) mass is 562 g/mol. The number of rotatable bonds is 3. The summed E-state index contributed by atoms with van der Waals surface area (Å²) in [6.07, 6.45) is 1.67. The number of allylic oxidation sites excluding steroid dienone is 2. The molecular weight excluding hydrogens is 532 g/mol.